The Morgan fingerprint density at radius 3 is 2.90 bits per heavy atom. The molecule has 0 radical (unpaired) electrons. The normalized spacial score (nSPS) is 22.2. The Bertz CT molecular complexity index is 841. The fourth-order valence-electron chi connectivity index (χ4n) is 4.03. The molecule has 0 aromatic carbocycles. The van der Waals surface area contributed by atoms with Crippen LogP contribution < -0.4 is 4.74 Å². The molecular weight excluding hydrogens is 398 g/mol. The number of methoxy groups -OCH3 is 1. The first-order valence-electron chi connectivity index (χ1n) is 10.9. The second-order valence-electron chi connectivity index (χ2n) is 8.53. The van der Waals surface area contributed by atoms with Gasteiger partial charge in [0.2, 0.25) is 11.8 Å². The molecule has 3 atom stereocenters. The number of carbonyl (C=O) groups is 2. The molecular formula is C23H33N3O5. The molecule has 3 rings (SSSR count). The number of carbonyl (C=O) groups excluding carboxylic acids is 2. The van der Waals surface area contributed by atoms with Gasteiger partial charge in [-0.3, -0.25) is 9.59 Å². The summed E-state index contributed by atoms with van der Waals surface area (Å²) in [5.41, 5.74) is 2.53. The van der Waals surface area contributed by atoms with Crippen LogP contribution in [-0.4, -0.2) is 84.3 Å². The lowest BCUT2D eigenvalue weighted by Crippen LogP contribution is -2.50. The molecule has 8 heteroatoms. The summed E-state index contributed by atoms with van der Waals surface area (Å²) >= 11 is 0. The van der Waals surface area contributed by atoms with E-state index in [-0.39, 0.29) is 49.0 Å². The molecule has 0 bridgehead atoms. The Labute approximate surface area is 183 Å². The molecule has 0 saturated carbocycles. The predicted octanol–water partition coefficient (Wildman–Crippen LogP) is 1.97. The molecule has 1 aromatic rings. The zero-order valence-electron chi connectivity index (χ0n) is 18.8. The van der Waals surface area contributed by atoms with Crippen molar-refractivity contribution in [1.82, 2.24) is 14.8 Å². The van der Waals surface area contributed by atoms with Gasteiger partial charge in [-0.15, -0.1) is 0 Å². The first-order valence-corrected chi connectivity index (χ1v) is 10.9. The van der Waals surface area contributed by atoms with Crippen LogP contribution in [0.25, 0.3) is 5.57 Å². The molecule has 0 saturated heterocycles. The van der Waals surface area contributed by atoms with Crippen molar-refractivity contribution in [2.24, 2.45) is 5.92 Å². The van der Waals surface area contributed by atoms with E-state index in [0.717, 1.165) is 24.8 Å². The zero-order valence-corrected chi connectivity index (χ0v) is 18.8. The van der Waals surface area contributed by atoms with Gasteiger partial charge in [0.25, 0.3) is 5.91 Å². The van der Waals surface area contributed by atoms with Gasteiger partial charge in [0.05, 0.1) is 19.2 Å². The fraction of sp³-hybridized carbons (Fsp3) is 0.609. The Morgan fingerprint density at radius 2 is 2.26 bits per heavy atom. The molecule has 0 spiro atoms. The van der Waals surface area contributed by atoms with Crippen molar-refractivity contribution in [2.45, 2.75) is 45.3 Å². The topological polar surface area (TPSA) is 92.2 Å². The first-order chi connectivity index (χ1) is 14.8. The number of fused-ring (bicyclic) bond motifs is 1. The van der Waals surface area contributed by atoms with Crippen LogP contribution in [0.1, 0.15) is 49.0 Å². The average Bonchev–Trinajstić information content (AvgIpc) is 3.30. The number of hydrogen-bond acceptors (Lipinski definition) is 6. The molecule has 1 aromatic heterocycles. The van der Waals surface area contributed by atoms with Crippen LogP contribution in [-0.2, 0) is 9.53 Å². The number of pyridine rings is 1. The average molecular weight is 432 g/mol. The van der Waals surface area contributed by atoms with Crippen LogP contribution in [0, 0.1) is 5.92 Å². The Kier molecular flexibility index (Phi) is 7.67. The molecule has 0 fully saturated rings. The predicted molar refractivity (Wildman–Crippen MR) is 117 cm³/mol. The Morgan fingerprint density at radius 1 is 1.48 bits per heavy atom. The number of amides is 2. The van der Waals surface area contributed by atoms with E-state index in [1.807, 2.05) is 19.9 Å². The quantitative estimate of drug-likeness (QED) is 0.710. The van der Waals surface area contributed by atoms with E-state index in [0.29, 0.717) is 18.7 Å². The van der Waals surface area contributed by atoms with Gasteiger partial charge in [-0.25, -0.2) is 4.98 Å². The monoisotopic (exact) mass is 431 g/mol. The van der Waals surface area contributed by atoms with Crippen LogP contribution in [0.15, 0.2) is 18.3 Å². The van der Waals surface area contributed by atoms with Crippen molar-refractivity contribution >= 4 is 17.4 Å². The lowest BCUT2D eigenvalue weighted by molar-refractivity contribution is -0.135. The Hall–Kier alpha value is -2.45. The molecule has 2 aliphatic rings. The maximum atomic E-state index is 13.4. The van der Waals surface area contributed by atoms with E-state index in [1.165, 1.54) is 12.7 Å². The highest BCUT2D eigenvalue weighted by molar-refractivity contribution is 5.97. The van der Waals surface area contributed by atoms with Gasteiger partial charge in [-0.1, -0.05) is 13.0 Å². The number of hydrogen-bond donors (Lipinski definition) is 1. The van der Waals surface area contributed by atoms with Crippen molar-refractivity contribution in [3.63, 3.8) is 0 Å². The van der Waals surface area contributed by atoms with E-state index in [9.17, 15) is 14.7 Å². The van der Waals surface area contributed by atoms with Gasteiger partial charge >= 0.3 is 0 Å². The zero-order chi connectivity index (χ0) is 22.5. The first kappa shape index (κ1) is 23.2. The second-order valence-corrected chi connectivity index (χ2v) is 8.53. The highest BCUT2D eigenvalue weighted by Gasteiger charge is 2.34. The third-order valence-corrected chi connectivity index (χ3v) is 6.08. The van der Waals surface area contributed by atoms with Gasteiger partial charge in [0.15, 0.2) is 0 Å². The van der Waals surface area contributed by atoms with Crippen molar-refractivity contribution in [3.8, 4) is 5.88 Å². The van der Waals surface area contributed by atoms with Gasteiger partial charge in [0, 0.05) is 32.8 Å². The molecule has 1 N–H and O–H groups in total. The summed E-state index contributed by atoms with van der Waals surface area (Å²) < 4.78 is 11.2. The van der Waals surface area contributed by atoms with Crippen LogP contribution in [0.3, 0.4) is 0 Å². The molecule has 31 heavy (non-hydrogen) atoms. The minimum Gasteiger partial charge on any atom is -0.472 e. The summed E-state index contributed by atoms with van der Waals surface area (Å²) in [6.07, 6.45) is 6.69. The summed E-state index contributed by atoms with van der Waals surface area (Å²) in [5.74, 6) is -0.151. The maximum Gasteiger partial charge on any atom is 0.259 e. The van der Waals surface area contributed by atoms with Crippen LogP contribution in [0.2, 0.25) is 0 Å². The van der Waals surface area contributed by atoms with Crippen LogP contribution in [0.4, 0.5) is 0 Å². The number of aliphatic hydroxyl groups excluding tert-OH is 1. The van der Waals surface area contributed by atoms with Gasteiger partial charge in [0.1, 0.15) is 18.3 Å². The third-order valence-electron chi connectivity index (χ3n) is 6.08. The smallest absolute Gasteiger partial charge is 0.259 e. The highest BCUT2D eigenvalue weighted by Crippen LogP contribution is 2.32. The van der Waals surface area contributed by atoms with Gasteiger partial charge in [-0.05, 0) is 43.4 Å². The summed E-state index contributed by atoms with van der Waals surface area (Å²) in [4.78, 5) is 33.4. The van der Waals surface area contributed by atoms with Crippen LogP contribution in [0.5, 0.6) is 5.88 Å². The molecule has 0 unspecified atom stereocenters. The number of aromatic nitrogens is 1. The van der Waals surface area contributed by atoms with E-state index in [1.54, 1.807) is 23.0 Å². The maximum absolute atomic E-state index is 13.4. The molecule has 170 valence electrons. The molecule has 2 heterocycles. The van der Waals surface area contributed by atoms with E-state index >= 15 is 0 Å². The lowest BCUT2D eigenvalue weighted by atomic mass is 9.99. The fourth-order valence-corrected chi connectivity index (χ4v) is 4.03. The number of allylic oxidation sites excluding steroid dienone is 2. The summed E-state index contributed by atoms with van der Waals surface area (Å²) in [5, 5.41) is 9.75. The molecule has 2 amide bonds. The minimum atomic E-state index is -0.366. The standard InChI is InChI=1S/C23H33N3O5/c1-15-11-26(16(2)13-27)23(29)19-9-18(17-7-5-6-8-17)10-24-22(19)31-20(15)12-25(3)21(28)14-30-4/h7,9-10,15-16,20,27H,5-6,8,11-14H2,1-4H3/t15-,16+,20+/m0/s1. The van der Waals surface area contributed by atoms with Crippen molar-refractivity contribution in [3.05, 3.63) is 29.5 Å². The van der Waals surface area contributed by atoms with E-state index in [4.69, 9.17) is 9.47 Å². The van der Waals surface area contributed by atoms with E-state index < -0.39 is 0 Å². The van der Waals surface area contributed by atoms with Crippen molar-refractivity contribution in [2.75, 3.05) is 40.5 Å². The minimum absolute atomic E-state index is 0.00291. The number of ether oxygens (including phenoxy) is 2. The molecule has 8 nitrogen and oxygen atoms in total. The number of likely N-dealkylation sites (N-methyl/N-ethyl adjacent to an activating group) is 1. The van der Waals surface area contributed by atoms with Crippen molar-refractivity contribution in [1.29, 1.82) is 0 Å². The Balaban J connectivity index is 1.96. The number of aliphatic hydroxyl groups is 1. The van der Waals surface area contributed by atoms with Crippen LogP contribution >= 0.6 is 0 Å². The van der Waals surface area contributed by atoms with Gasteiger partial charge in [-0.2, -0.15) is 0 Å². The molecule has 1 aliphatic heterocycles. The second kappa shape index (κ2) is 10.2. The summed E-state index contributed by atoms with van der Waals surface area (Å²) in [7, 11) is 3.19. The lowest BCUT2D eigenvalue weighted by Gasteiger charge is -2.37. The van der Waals surface area contributed by atoms with E-state index in [2.05, 4.69) is 11.1 Å². The number of rotatable bonds is 7. The van der Waals surface area contributed by atoms with Gasteiger partial charge < -0.3 is 24.4 Å². The van der Waals surface area contributed by atoms with Crippen molar-refractivity contribution < 1.29 is 24.2 Å². The summed E-state index contributed by atoms with van der Waals surface area (Å²) in [6.45, 7) is 4.41. The highest BCUT2D eigenvalue weighted by atomic mass is 16.5. The SMILES string of the molecule is COCC(=O)N(C)C[C@H]1Oc2ncc(C3=CCCC3)cc2C(=O)N([C@H](C)CO)C[C@@H]1C. The summed E-state index contributed by atoms with van der Waals surface area (Å²) in [6, 6.07) is 1.51. The molecule has 1 aliphatic carbocycles. The number of nitrogens with zero attached hydrogens (tertiary/aromatic N) is 3. The largest absolute Gasteiger partial charge is 0.472 e. The third kappa shape index (κ3) is 5.25.